The van der Waals surface area contributed by atoms with Gasteiger partial charge in [-0.05, 0) is 70.8 Å². The van der Waals surface area contributed by atoms with Crippen molar-refractivity contribution >= 4 is 11.7 Å². The maximum atomic E-state index is 14.6. The van der Waals surface area contributed by atoms with E-state index in [2.05, 4.69) is 41.4 Å². The number of pyridine rings is 1. The molecule has 2 aliphatic carbocycles. The second-order valence-corrected chi connectivity index (χ2v) is 14.3. The van der Waals surface area contributed by atoms with Crippen molar-refractivity contribution in [2.75, 3.05) is 31.6 Å². The molecule has 0 bridgehead atoms. The predicted molar refractivity (Wildman–Crippen MR) is 177 cm³/mol. The molecule has 1 saturated heterocycles. The summed E-state index contributed by atoms with van der Waals surface area (Å²) in [6.45, 7) is 7.52. The quantitative estimate of drug-likeness (QED) is 0.239. The lowest BCUT2D eigenvalue weighted by Gasteiger charge is -2.59. The number of hydrogen-bond acceptors (Lipinski definition) is 9. The summed E-state index contributed by atoms with van der Waals surface area (Å²) in [4.78, 5) is 37.9. The molecule has 0 atom stereocenters. The van der Waals surface area contributed by atoms with E-state index in [1.807, 2.05) is 43.5 Å². The second kappa shape index (κ2) is 12.1. The Balaban J connectivity index is 0.938. The number of imidazole rings is 1. The van der Waals surface area contributed by atoms with E-state index < -0.39 is 5.82 Å². The summed E-state index contributed by atoms with van der Waals surface area (Å²) in [6, 6.07) is 6.37. The molecule has 48 heavy (non-hydrogen) atoms. The Morgan fingerprint density at radius 2 is 1.90 bits per heavy atom. The lowest BCUT2D eigenvalue weighted by molar-refractivity contribution is -0.0352. The zero-order valence-electron chi connectivity index (χ0n) is 27.6. The summed E-state index contributed by atoms with van der Waals surface area (Å²) in [6.07, 6.45) is 15.2. The van der Waals surface area contributed by atoms with Gasteiger partial charge in [0.1, 0.15) is 29.7 Å². The van der Waals surface area contributed by atoms with Crippen LogP contribution in [-0.4, -0.2) is 85.1 Å². The Morgan fingerprint density at radius 3 is 2.67 bits per heavy atom. The van der Waals surface area contributed by atoms with E-state index >= 15 is 0 Å². The highest BCUT2D eigenvalue weighted by molar-refractivity contribution is 5.97. The van der Waals surface area contributed by atoms with E-state index in [1.54, 1.807) is 12.4 Å². The fourth-order valence-corrected chi connectivity index (χ4v) is 7.97. The van der Waals surface area contributed by atoms with Crippen molar-refractivity contribution in [2.45, 2.75) is 76.7 Å². The molecule has 0 N–H and O–H groups in total. The second-order valence-electron chi connectivity index (χ2n) is 14.3. The maximum Gasteiger partial charge on any atom is 0.258 e. The van der Waals surface area contributed by atoms with Gasteiger partial charge in [0.25, 0.3) is 5.91 Å². The van der Waals surface area contributed by atoms with Crippen LogP contribution in [-0.2, 0) is 13.0 Å². The Hall–Kier alpha value is -4.58. The molecule has 1 spiro atoms. The highest BCUT2D eigenvalue weighted by Crippen LogP contribution is 2.52. The third-order valence-electron chi connectivity index (χ3n) is 10.5. The van der Waals surface area contributed by atoms with Crippen LogP contribution in [0.15, 0.2) is 61.7 Å². The van der Waals surface area contributed by atoms with Crippen molar-refractivity contribution in [1.82, 2.24) is 34.3 Å². The number of fused-ring (bicyclic) bond motifs is 1. The lowest BCUT2D eigenvalue weighted by atomic mass is 9.61. The largest absolute Gasteiger partial charge is 0.490 e. The van der Waals surface area contributed by atoms with Gasteiger partial charge < -0.3 is 28.7 Å². The molecule has 4 aliphatic rings. The van der Waals surface area contributed by atoms with E-state index in [1.165, 1.54) is 30.1 Å². The zero-order valence-corrected chi connectivity index (χ0v) is 27.6. The fraction of sp³-hybridized carbons (Fsp3) is 0.472. The summed E-state index contributed by atoms with van der Waals surface area (Å²) in [5.74, 6) is 1.61. The van der Waals surface area contributed by atoms with Crippen LogP contribution < -0.4 is 14.4 Å². The van der Waals surface area contributed by atoms with Gasteiger partial charge in [-0.25, -0.2) is 19.3 Å². The topological polar surface area (TPSA) is 102 Å². The van der Waals surface area contributed by atoms with E-state index in [0.717, 1.165) is 69.7 Å². The lowest BCUT2D eigenvalue weighted by Crippen LogP contribution is -2.65. The third-order valence-corrected chi connectivity index (χ3v) is 10.5. The Kier molecular flexibility index (Phi) is 7.77. The number of likely N-dealkylation sites (N-methyl/N-ethyl adjacent to an activating group) is 1. The standard InChI is InChI=1S/C36H41FN8O3/c1-23(2)45(26-13-25(14-26)43-11-9-38-22-43)35(46)28-12-24(37)4-5-31(28)48-33-17-39-21-41-34(33)44-19-36(20-44)15-27(16-36)47-32-6-8-40-30-7-10-42(3)18-29(30)32/h4-6,8-9,11-12,17,21-23,25-27H,7,10,13-16,18-20H2,1-3H3. The summed E-state index contributed by atoms with van der Waals surface area (Å²) in [5, 5.41) is 0. The summed E-state index contributed by atoms with van der Waals surface area (Å²) < 4.78 is 29.6. The van der Waals surface area contributed by atoms with Crippen molar-refractivity contribution < 1.29 is 18.7 Å². The van der Waals surface area contributed by atoms with Crippen molar-refractivity contribution in [2.24, 2.45) is 5.41 Å². The smallest absolute Gasteiger partial charge is 0.258 e. The van der Waals surface area contributed by atoms with Gasteiger partial charge in [0.2, 0.25) is 0 Å². The van der Waals surface area contributed by atoms with Crippen LogP contribution in [0.25, 0.3) is 0 Å². The molecule has 8 rings (SSSR count). The average Bonchev–Trinajstić information content (AvgIpc) is 3.54. The number of nitrogens with zero attached hydrogens (tertiary/aromatic N) is 8. The van der Waals surface area contributed by atoms with Gasteiger partial charge in [0, 0.05) is 86.0 Å². The number of ether oxygens (including phenoxy) is 2. The molecule has 0 unspecified atom stereocenters. The predicted octanol–water partition coefficient (Wildman–Crippen LogP) is 5.29. The van der Waals surface area contributed by atoms with Gasteiger partial charge in [-0.2, -0.15) is 0 Å². The highest BCUT2D eigenvalue weighted by atomic mass is 19.1. The summed E-state index contributed by atoms with van der Waals surface area (Å²) >= 11 is 0. The van der Waals surface area contributed by atoms with Crippen LogP contribution in [0.2, 0.25) is 0 Å². The van der Waals surface area contributed by atoms with Gasteiger partial charge in [-0.3, -0.25) is 9.78 Å². The highest BCUT2D eigenvalue weighted by Gasteiger charge is 2.54. The molecule has 11 nitrogen and oxygen atoms in total. The minimum Gasteiger partial charge on any atom is -0.490 e. The number of rotatable bonds is 9. The molecular formula is C36H41FN8O3. The minimum atomic E-state index is -0.491. The number of amides is 1. The Labute approximate surface area is 279 Å². The fourth-order valence-electron chi connectivity index (χ4n) is 7.97. The van der Waals surface area contributed by atoms with Gasteiger partial charge in [-0.15, -0.1) is 0 Å². The number of halogens is 1. The first kappa shape index (κ1) is 30.7. The van der Waals surface area contributed by atoms with Gasteiger partial charge >= 0.3 is 0 Å². The zero-order chi connectivity index (χ0) is 33.0. The van der Waals surface area contributed by atoms with Crippen molar-refractivity contribution in [3.05, 3.63) is 84.3 Å². The number of carbonyl (C=O) groups is 1. The van der Waals surface area contributed by atoms with Crippen LogP contribution in [0, 0.1) is 11.2 Å². The number of benzene rings is 1. The van der Waals surface area contributed by atoms with E-state index in [4.69, 9.17) is 9.47 Å². The van der Waals surface area contributed by atoms with Crippen molar-refractivity contribution in [1.29, 1.82) is 0 Å². The normalized spacial score (nSPS) is 21.6. The molecule has 3 aromatic heterocycles. The molecule has 3 fully saturated rings. The van der Waals surface area contributed by atoms with Crippen molar-refractivity contribution in [3.63, 3.8) is 0 Å². The van der Waals surface area contributed by atoms with Gasteiger partial charge in [0.05, 0.1) is 18.1 Å². The molecule has 0 radical (unpaired) electrons. The molecular weight excluding hydrogens is 611 g/mol. The first-order valence-corrected chi connectivity index (χ1v) is 16.9. The number of carbonyl (C=O) groups excluding carboxylic acids is 1. The molecule has 1 aromatic carbocycles. The van der Waals surface area contributed by atoms with Crippen LogP contribution in [0.3, 0.4) is 0 Å². The maximum absolute atomic E-state index is 14.6. The van der Waals surface area contributed by atoms with Crippen LogP contribution in [0.1, 0.15) is 67.2 Å². The third kappa shape index (κ3) is 5.65. The van der Waals surface area contributed by atoms with Crippen LogP contribution >= 0.6 is 0 Å². The Morgan fingerprint density at radius 1 is 1.06 bits per heavy atom. The van der Waals surface area contributed by atoms with E-state index in [-0.39, 0.29) is 40.8 Å². The number of aromatic nitrogens is 5. The average molecular weight is 653 g/mol. The van der Waals surface area contributed by atoms with E-state index in [0.29, 0.717) is 17.6 Å². The van der Waals surface area contributed by atoms with Crippen LogP contribution in [0.4, 0.5) is 10.2 Å². The minimum absolute atomic E-state index is 0.0366. The first-order valence-electron chi connectivity index (χ1n) is 16.9. The number of anilines is 1. The molecule has 250 valence electrons. The molecule has 12 heteroatoms. The van der Waals surface area contributed by atoms with Gasteiger partial charge in [0.15, 0.2) is 11.6 Å². The monoisotopic (exact) mass is 652 g/mol. The number of hydrogen-bond donors (Lipinski definition) is 0. The molecule has 2 saturated carbocycles. The van der Waals surface area contributed by atoms with Gasteiger partial charge in [-0.1, -0.05) is 0 Å². The van der Waals surface area contributed by atoms with Crippen LogP contribution in [0.5, 0.6) is 17.2 Å². The molecule has 5 heterocycles. The SMILES string of the molecule is CC(C)N(C(=O)c1cc(F)ccc1Oc1cncnc1N1CC2(CC(Oc3ccnc4c3CN(C)CC4)C2)C1)C1CC(n2ccnc2)C1. The van der Waals surface area contributed by atoms with Crippen molar-refractivity contribution in [3.8, 4) is 17.2 Å². The summed E-state index contributed by atoms with van der Waals surface area (Å²) in [5.41, 5.74) is 2.72. The Bertz CT molecular complexity index is 1800. The molecule has 2 aliphatic heterocycles. The molecule has 1 amide bonds. The summed E-state index contributed by atoms with van der Waals surface area (Å²) in [7, 11) is 2.13. The molecule has 4 aromatic rings. The first-order chi connectivity index (χ1) is 23.2. The van der Waals surface area contributed by atoms with E-state index in [9.17, 15) is 9.18 Å².